The normalized spacial score (nSPS) is 38.4. The molecular formula is C16H22N2O2. The van der Waals surface area contributed by atoms with Gasteiger partial charge in [-0.2, -0.15) is 5.10 Å². The molecule has 0 spiro atoms. The van der Waals surface area contributed by atoms with Crippen molar-refractivity contribution in [3.8, 4) is 0 Å². The SMILES string of the molecule is Cn1nc(CC(=O)O)cc1C12CC3CC(CC(C3)C1)C2. The summed E-state index contributed by atoms with van der Waals surface area (Å²) in [4.78, 5) is 10.9. The van der Waals surface area contributed by atoms with Crippen LogP contribution >= 0.6 is 0 Å². The van der Waals surface area contributed by atoms with Crippen LogP contribution in [0.1, 0.15) is 49.9 Å². The number of aryl methyl sites for hydroxylation is 1. The van der Waals surface area contributed by atoms with Crippen molar-refractivity contribution >= 4 is 5.97 Å². The molecule has 1 N–H and O–H groups in total. The molecule has 0 atom stereocenters. The van der Waals surface area contributed by atoms with Crippen molar-refractivity contribution in [1.82, 2.24) is 9.78 Å². The van der Waals surface area contributed by atoms with E-state index in [2.05, 4.69) is 11.2 Å². The first-order valence-corrected chi connectivity index (χ1v) is 7.79. The Morgan fingerprint density at radius 2 is 1.85 bits per heavy atom. The van der Waals surface area contributed by atoms with Gasteiger partial charge in [-0.1, -0.05) is 0 Å². The van der Waals surface area contributed by atoms with Gasteiger partial charge in [-0.25, -0.2) is 0 Å². The summed E-state index contributed by atoms with van der Waals surface area (Å²) in [6.45, 7) is 0. The number of carbonyl (C=O) groups is 1. The fourth-order valence-electron chi connectivity index (χ4n) is 5.69. The second kappa shape index (κ2) is 4.09. The number of carboxylic acids is 1. The van der Waals surface area contributed by atoms with Crippen LogP contribution in [0.5, 0.6) is 0 Å². The monoisotopic (exact) mass is 274 g/mol. The Morgan fingerprint density at radius 3 is 2.35 bits per heavy atom. The highest BCUT2D eigenvalue weighted by atomic mass is 16.4. The third-order valence-corrected chi connectivity index (χ3v) is 5.84. The summed E-state index contributed by atoms with van der Waals surface area (Å²) in [5.74, 6) is 1.91. The Labute approximate surface area is 119 Å². The van der Waals surface area contributed by atoms with Gasteiger partial charge in [0.05, 0.1) is 12.1 Å². The Balaban J connectivity index is 1.70. The Hall–Kier alpha value is -1.32. The van der Waals surface area contributed by atoms with Gasteiger partial charge >= 0.3 is 5.97 Å². The predicted molar refractivity (Wildman–Crippen MR) is 74.4 cm³/mol. The lowest BCUT2D eigenvalue weighted by molar-refractivity contribution is -0.136. The van der Waals surface area contributed by atoms with Gasteiger partial charge in [0.25, 0.3) is 0 Å². The molecule has 4 fully saturated rings. The van der Waals surface area contributed by atoms with E-state index in [9.17, 15) is 4.79 Å². The van der Waals surface area contributed by atoms with Crippen molar-refractivity contribution in [2.75, 3.05) is 0 Å². The van der Waals surface area contributed by atoms with Gasteiger partial charge in [-0.3, -0.25) is 9.48 Å². The number of hydrogen-bond donors (Lipinski definition) is 1. The van der Waals surface area contributed by atoms with Gasteiger partial charge < -0.3 is 5.11 Å². The first kappa shape index (κ1) is 12.4. The highest BCUT2D eigenvalue weighted by molar-refractivity contribution is 5.69. The number of aromatic nitrogens is 2. The van der Waals surface area contributed by atoms with Crippen molar-refractivity contribution in [3.63, 3.8) is 0 Å². The summed E-state index contributed by atoms with van der Waals surface area (Å²) in [7, 11) is 1.99. The summed E-state index contributed by atoms with van der Waals surface area (Å²) in [6, 6.07) is 2.07. The standard InChI is InChI=1S/C16H22N2O2/c1-18-14(5-13(17-18)6-15(19)20)16-7-10-2-11(8-16)4-12(3-10)9-16/h5,10-12H,2-4,6-9H2,1H3,(H,19,20). The van der Waals surface area contributed by atoms with Crippen LogP contribution in [0.4, 0.5) is 0 Å². The van der Waals surface area contributed by atoms with Crippen molar-refractivity contribution in [2.45, 2.75) is 50.4 Å². The molecule has 20 heavy (non-hydrogen) atoms. The topological polar surface area (TPSA) is 55.1 Å². The minimum absolute atomic E-state index is 0.0419. The van der Waals surface area contributed by atoms with Crippen LogP contribution in [0.15, 0.2) is 6.07 Å². The molecule has 0 radical (unpaired) electrons. The van der Waals surface area contributed by atoms with Crippen LogP contribution in [0, 0.1) is 17.8 Å². The summed E-state index contributed by atoms with van der Waals surface area (Å²) >= 11 is 0. The summed E-state index contributed by atoms with van der Waals surface area (Å²) < 4.78 is 1.96. The van der Waals surface area contributed by atoms with E-state index < -0.39 is 5.97 Å². The maximum atomic E-state index is 10.9. The van der Waals surface area contributed by atoms with Gasteiger partial charge in [-0.15, -0.1) is 0 Å². The van der Waals surface area contributed by atoms with Crippen LogP contribution < -0.4 is 0 Å². The summed E-state index contributed by atoms with van der Waals surface area (Å²) in [5, 5.41) is 13.4. The highest BCUT2D eigenvalue weighted by Gasteiger charge is 2.52. The zero-order chi connectivity index (χ0) is 13.9. The fraction of sp³-hybridized carbons (Fsp3) is 0.750. The molecule has 0 unspecified atom stereocenters. The molecule has 1 aromatic heterocycles. The molecular weight excluding hydrogens is 252 g/mol. The number of rotatable bonds is 3. The lowest BCUT2D eigenvalue weighted by atomic mass is 9.49. The van der Waals surface area contributed by atoms with E-state index in [-0.39, 0.29) is 6.42 Å². The van der Waals surface area contributed by atoms with Gasteiger partial charge in [0.15, 0.2) is 0 Å². The van der Waals surface area contributed by atoms with E-state index in [1.54, 1.807) is 0 Å². The highest BCUT2D eigenvalue weighted by Crippen LogP contribution is 2.60. The second-order valence-corrected chi connectivity index (χ2v) is 7.41. The van der Waals surface area contributed by atoms with Crippen LogP contribution in [-0.2, 0) is 23.7 Å². The van der Waals surface area contributed by atoms with E-state index >= 15 is 0 Å². The average Bonchev–Trinajstić information content (AvgIpc) is 2.68. The number of carboxylic acid groups (broad SMARTS) is 1. The molecule has 0 aliphatic heterocycles. The molecule has 4 aliphatic carbocycles. The number of nitrogens with zero attached hydrogens (tertiary/aromatic N) is 2. The molecule has 4 bridgehead atoms. The van der Waals surface area contributed by atoms with E-state index in [4.69, 9.17) is 5.11 Å². The molecule has 0 amide bonds. The minimum atomic E-state index is -0.792. The average molecular weight is 274 g/mol. The summed E-state index contributed by atoms with van der Waals surface area (Å²) in [5.41, 5.74) is 2.31. The molecule has 1 heterocycles. The molecule has 4 saturated carbocycles. The molecule has 0 aromatic carbocycles. The van der Waals surface area contributed by atoms with E-state index in [0.29, 0.717) is 11.1 Å². The molecule has 0 saturated heterocycles. The quantitative estimate of drug-likeness (QED) is 0.921. The van der Waals surface area contributed by atoms with Crippen LogP contribution in [0.2, 0.25) is 0 Å². The zero-order valence-electron chi connectivity index (χ0n) is 12.0. The second-order valence-electron chi connectivity index (χ2n) is 7.41. The van der Waals surface area contributed by atoms with E-state index in [0.717, 1.165) is 17.8 Å². The van der Waals surface area contributed by atoms with Crippen molar-refractivity contribution in [1.29, 1.82) is 0 Å². The van der Waals surface area contributed by atoms with Crippen LogP contribution in [-0.4, -0.2) is 20.9 Å². The molecule has 4 heteroatoms. The fourth-order valence-corrected chi connectivity index (χ4v) is 5.69. The smallest absolute Gasteiger partial charge is 0.309 e. The van der Waals surface area contributed by atoms with Gasteiger partial charge in [-0.05, 0) is 62.3 Å². The van der Waals surface area contributed by atoms with Crippen molar-refractivity contribution in [2.24, 2.45) is 24.8 Å². The van der Waals surface area contributed by atoms with Crippen LogP contribution in [0.3, 0.4) is 0 Å². The van der Waals surface area contributed by atoms with Crippen LogP contribution in [0.25, 0.3) is 0 Å². The minimum Gasteiger partial charge on any atom is -0.481 e. The van der Waals surface area contributed by atoms with E-state index in [1.807, 2.05) is 11.7 Å². The first-order valence-electron chi connectivity index (χ1n) is 7.79. The largest absolute Gasteiger partial charge is 0.481 e. The zero-order valence-corrected chi connectivity index (χ0v) is 12.0. The molecule has 1 aromatic rings. The Morgan fingerprint density at radius 1 is 1.30 bits per heavy atom. The molecule has 4 nitrogen and oxygen atoms in total. The van der Waals surface area contributed by atoms with E-state index in [1.165, 1.54) is 44.2 Å². The predicted octanol–water partition coefficient (Wildman–Crippen LogP) is 2.52. The number of aliphatic carboxylic acids is 1. The van der Waals surface area contributed by atoms with Crippen molar-refractivity contribution in [3.05, 3.63) is 17.5 Å². The first-order chi connectivity index (χ1) is 9.54. The van der Waals surface area contributed by atoms with Gasteiger partial charge in [0.2, 0.25) is 0 Å². The lowest BCUT2D eigenvalue weighted by Gasteiger charge is -2.56. The summed E-state index contributed by atoms with van der Waals surface area (Å²) in [6.07, 6.45) is 8.22. The van der Waals surface area contributed by atoms with Gasteiger partial charge in [0.1, 0.15) is 0 Å². The molecule has 4 aliphatic rings. The van der Waals surface area contributed by atoms with Gasteiger partial charge in [0, 0.05) is 18.2 Å². The van der Waals surface area contributed by atoms with Crippen molar-refractivity contribution < 1.29 is 9.90 Å². The molecule has 108 valence electrons. The number of hydrogen-bond acceptors (Lipinski definition) is 2. The Bertz CT molecular complexity index is 526. The lowest BCUT2D eigenvalue weighted by Crippen LogP contribution is -2.49. The molecule has 5 rings (SSSR count). The maximum absolute atomic E-state index is 10.9. The maximum Gasteiger partial charge on any atom is 0.309 e. The Kier molecular flexibility index (Phi) is 2.54. The third kappa shape index (κ3) is 1.80. The third-order valence-electron chi connectivity index (χ3n) is 5.84.